The van der Waals surface area contributed by atoms with Gasteiger partial charge in [0.15, 0.2) is 10.7 Å². The zero-order valence-corrected chi connectivity index (χ0v) is 8.89. The zero-order valence-electron chi connectivity index (χ0n) is 8.07. The van der Waals surface area contributed by atoms with E-state index in [-0.39, 0.29) is 11.0 Å². The lowest BCUT2D eigenvalue weighted by atomic mass is 10.2. The molecule has 0 bridgehead atoms. The molecule has 5 nitrogen and oxygen atoms in total. The number of pyridine rings is 1. The van der Waals surface area contributed by atoms with E-state index < -0.39 is 15.2 Å². The fourth-order valence-electron chi connectivity index (χ4n) is 1.51. The molecular weight excluding hydrogens is 221 g/mol. The van der Waals surface area contributed by atoms with Gasteiger partial charge in [0.1, 0.15) is 0 Å². The van der Waals surface area contributed by atoms with E-state index in [0.717, 1.165) is 0 Å². The predicted molar refractivity (Wildman–Crippen MR) is 51.7 cm³/mol. The van der Waals surface area contributed by atoms with Crippen LogP contribution < -0.4 is 0 Å². The van der Waals surface area contributed by atoms with E-state index in [1.807, 2.05) is 0 Å². The second-order valence-corrected chi connectivity index (χ2v) is 4.55. The molecule has 0 aliphatic rings. The van der Waals surface area contributed by atoms with Crippen LogP contribution in [0.1, 0.15) is 11.3 Å². The average Bonchev–Trinajstić information content (AvgIpc) is 2.45. The molecule has 0 aliphatic heterocycles. The molecular formula is C8H8FN3O2S. The first-order chi connectivity index (χ1) is 6.89. The molecule has 2 heterocycles. The van der Waals surface area contributed by atoms with Gasteiger partial charge in [-0.25, -0.2) is 4.98 Å². The highest BCUT2D eigenvalue weighted by Crippen LogP contribution is 2.24. The molecule has 7 heteroatoms. The highest BCUT2D eigenvalue weighted by atomic mass is 32.3. The molecule has 80 valence electrons. The van der Waals surface area contributed by atoms with Crippen molar-refractivity contribution in [3.63, 3.8) is 0 Å². The summed E-state index contributed by atoms with van der Waals surface area (Å²) in [6.45, 7) is 3.44. The molecule has 0 saturated heterocycles. The molecule has 0 fully saturated rings. The van der Waals surface area contributed by atoms with Gasteiger partial charge < -0.3 is 0 Å². The maximum absolute atomic E-state index is 12.8. The van der Waals surface area contributed by atoms with E-state index in [4.69, 9.17) is 0 Å². The van der Waals surface area contributed by atoms with Gasteiger partial charge in [0.25, 0.3) is 0 Å². The van der Waals surface area contributed by atoms with E-state index in [1.54, 1.807) is 19.9 Å². The third-order valence-electron chi connectivity index (χ3n) is 2.06. The van der Waals surface area contributed by atoms with E-state index in [1.165, 1.54) is 0 Å². The van der Waals surface area contributed by atoms with Gasteiger partial charge in [-0.3, -0.25) is 5.10 Å². The van der Waals surface area contributed by atoms with E-state index >= 15 is 0 Å². The summed E-state index contributed by atoms with van der Waals surface area (Å²) in [5.74, 6) is 0. The molecule has 0 aliphatic carbocycles. The molecule has 0 saturated carbocycles. The van der Waals surface area contributed by atoms with Gasteiger partial charge in [-0.15, -0.1) is 0 Å². The number of nitrogens with zero attached hydrogens (tertiary/aromatic N) is 2. The third kappa shape index (κ3) is 1.58. The van der Waals surface area contributed by atoms with Crippen molar-refractivity contribution in [1.82, 2.24) is 15.2 Å². The average molecular weight is 229 g/mol. The maximum atomic E-state index is 12.8. The molecule has 1 N–H and O–H groups in total. The van der Waals surface area contributed by atoms with Gasteiger partial charge in [-0.05, 0) is 25.5 Å². The van der Waals surface area contributed by atoms with Crippen LogP contribution >= 0.6 is 0 Å². The number of aryl methyl sites for hydroxylation is 2. The Hall–Kier alpha value is -1.50. The largest absolute Gasteiger partial charge is 0.349 e. The van der Waals surface area contributed by atoms with Crippen molar-refractivity contribution in [2.24, 2.45) is 0 Å². The van der Waals surface area contributed by atoms with Crippen molar-refractivity contribution in [1.29, 1.82) is 0 Å². The van der Waals surface area contributed by atoms with Crippen LogP contribution in [0.3, 0.4) is 0 Å². The van der Waals surface area contributed by atoms with Crippen molar-refractivity contribution >= 4 is 21.3 Å². The minimum Gasteiger partial charge on any atom is -0.262 e. The molecule has 0 spiro atoms. The Bertz CT molecular complexity index is 633. The third-order valence-corrected chi connectivity index (χ3v) is 2.84. The van der Waals surface area contributed by atoms with Crippen molar-refractivity contribution < 1.29 is 12.3 Å². The van der Waals surface area contributed by atoms with E-state index in [0.29, 0.717) is 11.3 Å². The second-order valence-electron chi connectivity index (χ2n) is 3.27. The molecule has 0 unspecified atom stereocenters. The first-order valence-electron chi connectivity index (χ1n) is 4.16. The van der Waals surface area contributed by atoms with Crippen molar-refractivity contribution in [2.45, 2.75) is 18.9 Å². The van der Waals surface area contributed by atoms with Crippen LogP contribution in [0.5, 0.6) is 0 Å². The lowest BCUT2D eigenvalue weighted by molar-refractivity contribution is 0.548. The van der Waals surface area contributed by atoms with Crippen molar-refractivity contribution in [3.8, 4) is 0 Å². The zero-order chi connectivity index (χ0) is 11.2. The van der Waals surface area contributed by atoms with Gasteiger partial charge in [-0.1, -0.05) is 3.89 Å². The van der Waals surface area contributed by atoms with Crippen LogP contribution in [-0.2, 0) is 10.2 Å². The van der Waals surface area contributed by atoms with Crippen LogP contribution in [0, 0.1) is 13.8 Å². The summed E-state index contributed by atoms with van der Waals surface area (Å²) < 4.78 is 34.4. The first-order valence-corrected chi connectivity index (χ1v) is 5.55. The van der Waals surface area contributed by atoms with Gasteiger partial charge in [0.2, 0.25) is 0 Å². The van der Waals surface area contributed by atoms with Crippen LogP contribution in [0.4, 0.5) is 3.89 Å². The number of fused-ring (bicyclic) bond motifs is 1. The molecule has 0 radical (unpaired) electrons. The Kier molecular flexibility index (Phi) is 2.00. The molecule has 0 amide bonds. The van der Waals surface area contributed by atoms with E-state index in [9.17, 15) is 12.3 Å². The summed E-state index contributed by atoms with van der Waals surface area (Å²) in [5, 5.41) is 5.48. The summed E-state index contributed by atoms with van der Waals surface area (Å²) >= 11 is 0. The SMILES string of the molecule is Cc1cc(C)c2c(S(=O)(=O)F)[nH]nc2n1. The lowest BCUT2D eigenvalue weighted by Crippen LogP contribution is -1.94. The number of hydrogen-bond donors (Lipinski definition) is 1. The quantitative estimate of drug-likeness (QED) is 0.746. The summed E-state index contributed by atoms with van der Waals surface area (Å²) in [6, 6.07) is 1.67. The van der Waals surface area contributed by atoms with Crippen LogP contribution in [0.25, 0.3) is 11.0 Å². The summed E-state index contributed by atoms with van der Waals surface area (Å²) in [5.41, 5.74) is 1.54. The number of halogens is 1. The van der Waals surface area contributed by atoms with Crippen molar-refractivity contribution in [3.05, 3.63) is 17.3 Å². The number of aromatic amines is 1. The topological polar surface area (TPSA) is 75.7 Å². The number of hydrogen-bond acceptors (Lipinski definition) is 4. The fraction of sp³-hybridized carbons (Fsp3) is 0.250. The smallest absolute Gasteiger partial charge is 0.262 e. The van der Waals surface area contributed by atoms with Gasteiger partial charge in [0.05, 0.1) is 5.39 Å². The normalized spacial score (nSPS) is 12.2. The van der Waals surface area contributed by atoms with E-state index in [2.05, 4.69) is 15.2 Å². The lowest BCUT2D eigenvalue weighted by Gasteiger charge is -1.97. The number of nitrogens with one attached hydrogen (secondary N) is 1. The highest BCUT2D eigenvalue weighted by Gasteiger charge is 2.21. The molecule has 15 heavy (non-hydrogen) atoms. The summed E-state index contributed by atoms with van der Waals surface area (Å²) in [6.07, 6.45) is 0. The molecule has 2 aromatic rings. The summed E-state index contributed by atoms with van der Waals surface area (Å²) in [4.78, 5) is 4.00. The number of aromatic nitrogens is 3. The molecule has 2 rings (SSSR count). The number of rotatable bonds is 1. The van der Waals surface area contributed by atoms with Crippen LogP contribution in [0.2, 0.25) is 0 Å². The molecule has 0 aromatic carbocycles. The Balaban J connectivity index is 2.93. The first kappa shape index (κ1) is 10.0. The predicted octanol–water partition coefficient (Wildman–Crippen LogP) is 1.23. The summed E-state index contributed by atoms with van der Waals surface area (Å²) in [7, 11) is -4.78. The molecule has 0 atom stereocenters. The maximum Gasteiger partial charge on any atom is 0.349 e. The Morgan fingerprint density at radius 3 is 2.67 bits per heavy atom. The minimum atomic E-state index is -4.78. The standard InChI is InChI=1S/C8H8FN3O2S/c1-4-3-5(2)10-7-6(4)8(12-11-7)15(9,13)14/h3H,1-2H3,(H,10,11,12). The van der Waals surface area contributed by atoms with Crippen LogP contribution in [-0.4, -0.2) is 23.6 Å². The second kappa shape index (κ2) is 2.99. The Morgan fingerprint density at radius 2 is 2.07 bits per heavy atom. The van der Waals surface area contributed by atoms with Gasteiger partial charge >= 0.3 is 10.2 Å². The molecule has 2 aromatic heterocycles. The highest BCUT2D eigenvalue weighted by molar-refractivity contribution is 7.86. The van der Waals surface area contributed by atoms with Crippen molar-refractivity contribution in [2.75, 3.05) is 0 Å². The number of H-pyrrole nitrogens is 1. The van der Waals surface area contributed by atoms with Crippen LogP contribution in [0.15, 0.2) is 11.1 Å². The van der Waals surface area contributed by atoms with Gasteiger partial charge in [0, 0.05) is 5.69 Å². The fourth-order valence-corrected chi connectivity index (χ4v) is 2.17. The minimum absolute atomic E-state index is 0.211. The Labute approximate surface area is 85.5 Å². The Morgan fingerprint density at radius 1 is 1.40 bits per heavy atom. The monoisotopic (exact) mass is 229 g/mol. The van der Waals surface area contributed by atoms with Gasteiger partial charge in [-0.2, -0.15) is 13.5 Å².